The molecule has 1 aliphatic rings. The van der Waals surface area contributed by atoms with E-state index in [0.29, 0.717) is 28.5 Å². The number of methoxy groups -OCH3 is 1. The molecule has 1 N–H and O–H groups in total. The van der Waals surface area contributed by atoms with Crippen LogP contribution in [0.2, 0.25) is 0 Å². The molecule has 0 spiro atoms. The van der Waals surface area contributed by atoms with Crippen LogP contribution in [0.5, 0.6) is 17.2 Å². The lowest BCUT2D eigenvalue weighted by molar-refractivity contribution is -0.122. The van der Waals surface area contributed by atoms with Gasteiger partial charge in [-0.05, 0) is 72.4 Å². The Kier molecular flexibility index (Phi) is 5.77. The van der Waals surface area contributed by atoms with E-state index >= 15 is 0 Å². The Morgan fingerprint density at radius 2 is 1.45 bits per heavy atom. The molecular weight excluding hydrogens is 412 g/mol. The summed E-state index contributed by atoms with van der Waals surface area (Å²) in [4.78, 5) is 26.8. The maximum absolute atomic E-state index is 13.1. The Balaban J connectivity index is 1.58. The number of ether oxygens (including phenoxy) is 2. The standard InChI is InChI=1S/C24H18N2O4S/c1-29-18-11-7-16(8-12-18)15-21-22(27)25-24(31)26(23(21)28)17-9-13-20(14-10-17)30-19-5-3-2-4-6-19/h2-15H,1H3,(H,25,27,31). The molecule has 1 heterocycles. The van der Waals surface area contributed by atoms with Crippen molar-refractivity contribution < 1.29 is 19.1 Å². The highest BCUT2D eigenvalue weighted by Crippen LogP contribution is 2.27. The van der Waals surface area contributed by atoms with Crippen LogP contribution in [0, 0.1) is 0 Å². The van der Waals surface area contributed by atoms with Crippen LogP contribution in [0.4, 0.5) is 5.69 Å². The lowest BCUT2D eigenvalue weighted by Gasteiger charge is -2.29. The first kappa shape index (κ1) is 20.3. The van der Waals surface area contributed by atoms with E-state index in [-0.39, 0.29) is 10.7 Å². The summed E-state index contributed by atoms with van der Waals surface area (Å²) in [6.07, 6.45) is 1.53. The van der Waals surface area contributed by atoms with Crippen molar-refractivity contribution in [2.24, 2.45) is 0 Å². The number of benzene rings is 3. The van der Waals surface area contributed by atoms with Crippen LogP contribution in [0.1, 0.15) is 5.56 Å². The van der Waals surface area contributed by atoms with E-state index in [1.807, 2.05) is 30.3 Å². The highest BCUT2D eigenvalue weighted by atomic mass is 32.1. The zero-order valence-corrected chi connectivity index (χ0v) is 17.4. The van der Waals surface area contributed by atoms with Gasteiger partial charge in [-0.15, -0.1) is 0 Å². The van der Waals surface area contributed by atoms with Crippen molar-refractivity contribution in [3.8, 4) is 17.2 Å². The third-order valence-electron chi connectivity index (χ3n) is 4.60. The first-order valence-corrected chi connectivity index (χ1v) is 9.84. The molecule has 3 aromatic carbocycles. The highest BCUT2D eigenvalue weighted by molar-refractivity contribution is 7.80. The Morgan fingerprint density at radius 1 is 0.839 bits per heavy atom. The Hall–Kier alpha value is -3.97. The van der Waals surface area contributed by atoms with Crippen molar-refractivity contribution in [2.45, 2.75) is 0 Å². The molecular formula is C24H18N2O4S. The number of carbonyl (C=O) groups is 2. The van der Waals surface area contributed by atoms with Crippen molar-refractivity contribution in [1.82, 2.24) is 5.32 Å². The topological polar surface area (TPSA) is 67.9 Å². The third kappa shape index (κ3) is 4.46. The van der Waals surface area contributed by atoms with Gasteiger partial charge in [-0.25, -0.2) is 0 Å². The molecule has 0 aliphatic carbocycles. The average Bonchev–Trinajstić information content (AvgIpc) is 2.79. The van der Waals surface area contributed by atoms with Crippen molar-refractivity contribution in [3.05, 3.63) is 90.0 Å². The lowest BCUT2D eigenvalue weighted by Crippen LogP contribution is -2.54. The van der Waals surface area contributed by atoms with E-state index in [9.17, 15) is 9.59 Å². The van der Waals surface area contributed by atoms with Gasteiger partial charge < -0.3 is 9.47 Å². The summed E-state index contributed by atoms with van der Waals surface area (Å²) in [6, 6.07) is 23.3. The van der Waals surface area contributed by atoms with Crippen LogP contribution in [0.3, 0.4) is 0 Å². The van der Waals surface area contributed by atoms with Crippen LogP contribution in [-0.4, -0.2) is 24.0 Å². The second kappa shape index (κ2) is 8.81. The summed E-state index contributed by atoms with van der Waals surface area (Å²) in [7, 11) is 1.57. The summed E-state index contributed by atoms with van der Waals surface area (Å²) in [6.45, 7) is 0. The number of thiocarbonyl (C=S) groups is 1. The second-order valence-corrected chi connectivity index (χ2v) is 7.03. The number of hydrogen-bond donors (Lipinski definition) is 1. The molecule has 0 radical (unpaired) electrons. The minimum absolute atomic E-state index is 0.0108. The predicted octanol–water partition coefficient (Wildman–Crippen LogP) is 4.32. The van der Waals surface area contributed by atoms with E-state index in [1.54, 1.807) is 55.6 Å². The van der Waals surface area contributed by atoms with Gasteiger partial charge in [0.15, 0.2) is 5.11 Å². The first-order chi connectivity index (χ1) is 15.0. The number of amides is 2. The normalized spacial score (nSPS) is 15.1. The van der Waals surface area contributed by atoms with Crippen LogP contribution in [0.25, 0.3) is 6.08 Å². The van der Waals surface area contributed by atoms with Gasteiger partial charge in [0, 0.05) is 0 Å². The second-order valence-electron chi connectivity index (χ2n) is 6.64. The lowest BCUT2D eigenvalue weighted by atomic mass is 10.1. The van der Waals surface area contributed by atoms with Crippen LogP contribution < -0.4 is 19.7 Å². The molecule has 1 aliphatic heterocycles. The van der Waals surface area contributed by atoms with Crippen LogP contribution >= 0.6 is 12.2 Å². The van der Waals surface area contributed by atoms with E-state index in [4.69, 9.17) is 21.7 Å². The summed E-state index contributed by atoms with van der Waals surface area (Å²) in [5, 5.41) is 2.61. The minimum Gasteiger partial charge on any atom is -0.497 e. The summed E-state index contributed by atoms with van der Waals surface area (Å²) >= 11 is 5.25. The van der Waals surface area contributed by atoms with Crippen molar-refractivity contribution in [2.75, 3.05) is 12.0 Å². The predicted molar refractivity (Wildman–Crippen MR) is 122 cm³/mol. The van der Waals surface area contributed by atoms with Crippen LogP contribution in [0.15, 0.2) is 84.4 Å². The molecule has 6 nitrogen and oxygen atoms in total. The largest absolute Gasteiger partial charge is 0.497 e. The molecule has 31 heavy (non-hydrogen) atoms. The molecule has 0 unspecified atom stereocenters. The van der Waals surface area contributed by atoms with Gasteiger partial charge >= 0.3 is 0 Å². The third-order valence-corrected chi connectivity index (χ3v) is 4.89. The zero-order chi connectivity index (χ0) is 21.8. The molecule has 0 atom stereocenters. The molecule has 3 aromatic rings. The molecule has 154 valence electrons. The quantitative estimate of drug-likeness (QED) is 0.371. The highest BCUT2D eigenvalue weighted by Gasteiger charge is 2.34. The van der Waals surface area contributed by atoms with Crippen LogP contribution in [-0.2, 0) is 9.59 Å². The number of nitrogens with one attached hydrogen (secondary N) is 1. The minimum atomic E-state index is -0.536. The van der Waals surface area contributed by atoms with Crippen molar-refractivity contribution in [3.63, 3.8) is 0 Å². The van der Waals surface area contributed by atoms with Gasteiger partial charge in [0.25, 0.3) is 11.8 Å². The molecule has 0 aromatic heterocycles. The smallest absolute Gasteiger partial charge is 0.270 e. The molecule has 2 amide bonds. The fraction of sp³-hybridized carbons (Fsp3) is 0.0417. The van der Waals surface area contributed by atoms with Crippen molar-refractivity contribution >= 4 is 40.9 Å². The maximum atomic E-state index is 13.1. The van der Waals surface area contributed by atoms with Gasteiger partial charge in [0.05, 0.1) is 12.8 Å². The fourth-order valence-corrected chi connectivity index (χ4v) is 3.33. The molecule has 4 rings (SSSR count). The Morgan fingerprint density at radius 3 is 2.10 bits per heavy atom. The number of carbonyl (C=O) groups excluding carboxylic acids is 2. The summed E-state index contributed by atoms with van der Waals surface area (Å²) < 4.78 is 10.9. The molecule has 1 saturated heterocycles. The van der Waals surface area contributed by atoms with Gasteiger partial charge in [-0.1, -0.05) is 30.3 Å². The number of rotatable bonds is 5. The summed E-state index contributed by atoms with van der Waals surface area (Å²) in [5.41, 5.74) is 1.21. The molecule has 7 heteroatoms. The van der Waals surface area contributed by atoms with Gasteiger partial charge in [-0.3, -0.25) is 19.8 Å². The van der Waals surface area contributed by atoms with Gasteiger partial charge in [0.1, 0.15) is 22.8 Å². The number of anilines is 1. The molecule has 1 fully saturated rings. The van der Waals surface area contributed by atoms with E-state index in [2.05, 4.69) is 5.32 Å². The average molecular weight is 430 g/mol. The Bertz CT molecular complexity index is 1160. The number of para-hydroxylation sites is 1. The van der Waals surface area contributed by atoms with Crippen molar-refractivity contribution in [1.29, 1.82) is 0 Å². The van der Waals surface area contributed by atoms with Gasteiger partial charge in [-0.2, -0.15) is 0 Å². The number of nitrogens with zero attached hydrogens (tertiary/aromatic N) is 1. The first-order valence-electron chi connectivity index (χ1n) is 9.43. The van der Waals surface area contributed by atoms with E-state index in [1.165, 1.54) is 11.0 Å². The number of hydrogen-bond acceptors (Lipinski definition) is 5. The van der Waals surface area contributed by atoms with E-state index in [0.717, 1.165) is 0 Å². The Labute approximate surface area is 184 Å². The fourth-order valence-electron chi connectivity index (χ4n) is 3.05. The summed E-state index contributed by atoms with van der Waals surface area (Å²) in [5.74, 6) is 0.967. The molecule has 0 bridgehead atoms. The maximum Gasteiger partial charge on any atom is 0.270 e. The monoisotopic (exact) mass is 430 g/mol. The zero-order valence-electron chi connectivity index (χ0n) is 16.6. The van der Waals surface area contributed by atoms with E-state index < -0.39 is 11.8 Å². The van der Waals surface area contributed by atoms with Gasteiger partial charge in [0.2, 0.25) is 0 Å². The molecule has 0 saturated carbocycles. The SMILES string of the molecule is COc1ccc(C=C2C(=O)NC(=S)N(c3ccc(Oc4ccccc4)cc3)C2=O)cc1.